The van der Waals surface area contributed by atoms with E-state index in [4.69, 9.17) is 9.47 Å². The second-order valence-corrected chi connectivity index (χ2v) is 3.88. The molecule has 0 atom stereocenters. The maximum absolute atomic E-state index is 11.1. The summed E-state index contributed by atoms with van der Waals surface area (Å²) < 4.78 is 11.0. The van der Waals surface area contributed by atoms with Gasteiger partial charge in [0.2, 0.25) is 5.91 Å². The Kier molecular flexibility index (Phi) is 6.57. The Hall–Kier alpha value is -1.91. The standard InChI is InChI=1S/C14H22N2O3/c1-4-18-12-7-6-11(10-13(12)19-5-2)16-9-8-14(17)15-3/h6-7,10,16H,4-5,8-9H2,1-3H3,(H,15,17). The third-order valence-electron chi connectivity index (χ3n) is 2.50. The quantitative estimate of drug-likeness (QED) is 0.756. The monoisotopic (exact) mass is 266 g/mol. The van der Waals surface area contributed by atoms with Crippen LogP contribution >= 0.6 is 0 Å². The fraction of sp³-hybridized carbons (Fsp3) is 0.500. The van der Waals surface area contributed by atoms with E-state index in [9.17, 15) is 4.79 Å². The normalized spacial score (nSPS) is 9.84. The highest BCUT2D eigenvalue weighted by Crippen LogP contribution is 2.30. The van der Waals surface area contributed by atoms with Gasteiger partial charge in [-0.1, -0.05) is 0 Å². The van der Waals surface area contributed by atoms with Gasteiger partial charge in [0.15, 0.2) is 11.5 Å². The highest BCUT2D eigenvalue weighted by molar-refractivity contribution is 5.76. The molecule has 5 nitrogen and oxygen atoms in total. The lowest BCUT2D eigenvalue weighted by Gasteiger charge is -2.13. The minimum atomic E-state index is 0.0171. The Balaban J connectivity index is 2.63. The maximum Gasteiger partial charge on any atom is 0.221 e. The van der Waals surface area contributed by atoms with Gasteiger partial charge in [-0.2, -0.15) is 0 Å². The Morgan fingerprint density at radius 3 is 2.47 bits per heavy atom. The van der Waals surface area contributed by atoms with E-state index in [1.165, 1.54) is 0 Å². The molecule has 19 heavy (non-hydrogen) atoms. The van der Waals surface area contributed by atoms with Crippen LogP contribution in [0.3, 0.4) is 0 Å². The van der Waals surface area contributed by atoms with Crippen molar-refractivity contribution in [1.29, 1.82) is 0 Å². The summed E-state index contributed by atoms with van der Waals surface area (Å²) in [5.41, 5.74) is 0.913. The van der Waals surface area contributed by atoms with E-state index < -0.39 is 0 Å². The Labute approximate surface area is 114 Å². The molecule has 5 heteroatoms. The minimum absolute atomic E-state index is 0.0171. The molecule has 0 saturated heterocycles. The lowest BCUT2D eigenvalue weighted by atomic mass is 10.2. The molecule has 1 rings (SSSR count). The zero-order valence-corrected chi connectivity index (χ0v) is 11.8. The number of anilines is 1. The number of carbonyl (C=O) groups is 1. The molecule has 106 valence electrons. The summed E-state index contributed by atoms with van der Waals surface area (Å²) in [6, 6.07) is 5.67. The van der Waals surface area contributed by atoms with Gasteiger partial charge in [-0.3, -0.25) is 4.79 Å². The van der Waals surface area contributed by atoms with Crippen molar-refractivity contribution < 1.29 is 14.3 Å². The van der Waals surface area contributed by atoms with Crippen LogP contribution in [0.5, 0.6) is 11.5 Å². The summed E-state index contributed by atoms with van der Waals surface area (Å²) in [6.07, 6.45) is 0.438. The third kappa shape index (κ3) is 5.07. The van der Waals surface area contributed by atoms with Crippen LogP contribution in [0.25, 0.3) is 0 Å². The molecule has 1 aromatic carbocycles. The van der Waals surface area contributed by atoms with Gasteiger partial charge >= 0.3 is 0 Å². The van der Waals surface area contributed by atoms with Gasteiger partial charge in [0, 0.05) is 31.8 Å². The van der Waals surface area contributed by atoms with Crippen molar-refractivity contribution >= 4 is 11.6 Å². The molecule has 0 fully saturated rings. The van der Waals surface area contributed by atoms with E-state index in [1.54, 1.807) is 7.05 Å². The molecular formula is C14H22N2O3. The van der Waals surface area contributed by atoms with E-state index in [0.717, 1.165) is 11.4 Å². The van der Waals surface area contributed by atoms with Gasteiger partial charge in [0.05, 0.1) is 13.2 Å². The van der Waals surface area contributed by atoms with E-state index in [0.29, 0.717) is 31.9 Å². The summed E-state index contributed by atoms with van der Waals surface area (Å²) in [7, 11) is 1.63. The summed E-state index contributed by atoms with van der Waals surface area (Å²) in [4.78, 5) is 11.1. The van der Waals surface area contributed by atoms with Crippen LogP contribution < -0.4 is 20.1 Å². The molecule has 0 unspecified atom stereocenters. The van der Waals surface area contributed by atoms with Gasteiger partial charge in [0.1, 0.15) is 0 Å². The zero-order chi connectivity index (χ0) is 14.1. The summed E-state index contributed by atoms with van der Waals surface area (Å²) in [6.45, 7) is 5.64. The Bertz CT molecular complexity index is 408. The van der Waals surface area contributed by atoms with Gasteiger partial charge in [0.25, 0.3) is 0 Å². The average Bonchev–Trinajstić information content (AvgIpc) is 2.42. The van der Waals surface area contributed by atoms with Gasteiger partial charge in [-0.05, 0) is 26.0 Å². The maximum atomic E-state index is 11.1. The first-order valence-electron chi connectivity index (χ1n) is 6.55. The van der Waals surface area contributed by atoms with Crippen LogP contribution in [0.15, 0.2) is 18.2 Å². The van der Waals surface area contributed by atoms with Crippen LogP contribution in [0, 0.1) is 0 Å². The molecule has 0 aliphatic rings. The molecule has 1 aromatic rings. The van der Waals surface area contributed by atoms with Crippen molar-refractivity contribution in [2.45, 2.75) is 20.3 Å². The molecule has 0 radical (unpaired) electrons. The lowest BCUT2D eigenvalue weighted by Crippen LogP contribution is -2.20. The van der Waals surface area contributed by atoms with Crippen LogP contribution in [-0.4, -0.2) is 32.7 Å². The summed E-state index contributed by atoms with van der Waals surface area (Å²) in [5, 5.41) is 5.77. The first-order valence-corrected chi connectivity index (χ1v) is 6.55. The van der Waals surface area contributed by atoms with Crippen molar-refractivity contribution in [1.82, 2.24) is 5.32 Å². The predicted molar refractivity (Wildman–Crippen MR) is 76.0 cm³/mol. The van der Waals surface area contributed by atoms with Gasteiger partial charge in [-0.15, -0.1) is 0 Å². The molecule has 0 aliphatic carbocycles. The molecular weight excluding hydrogens is 244 g/mol. The van der Waals surface area contributed by atoms with Crippen molar-refractivity contribution in [3.8, 4) is 11.5 Å². The topological polar surface area (TPSA) is 59.6 Å². The molecule has 1 amide bonds. The molecule has 0 aliphatic heterocycles. The van der Waals surface area contributed by atoms with Crippen LogP contribution in [0.4, 0.5) is 5.69 Å². The van der Waals surface area contributed by atoms with E-state index in [1.807, 2.05) is 32.0 Å². The Morgan fingerprint density at radius 2 is 1.84 bits per heavy atom. The first kappa shape index (κ1) is 15.1. The number of hydrogen-bond acceptors (Lipinski definition) is 4. The number of hydrogen-bond donors (Lipinski definition) is 2. The second-order valence-electron chi connectivity index (χ2n) is 3.88. The van der Waals surface area contributed by atoms with Crippen molar-refractivity contribution in [2.24, 2.45) is 0 Å². The highest BCUT2D eigenvalue weighted by atomic mass is 16.5. The summed E-state index contributed by atoms with van der Waals surface area (Å²) >= 11 is 0. The van der Waals surface area contributed by atoms with Crippen molar-refractivity contribution in [3.63, 3.8) is 0 Å². The molecule has 0 aromatic heterocycles. The third-order valence-corrected chi connectivity index (χ3v) is 2.50. The number of ether oxygens (including phenoxy) is 2. The number of rotatable bonds is 8. The van der Waals surface area contributed by atoms with Crippen LogP contribution in [-0.2, 0) is 4.79 Å². The molecule has 0 saturated carbocycles. The SMILES string of the molecule is CCOc1ccc(NCCC(=O)NC)cc1OCC. The van der Waals surface area contributed by atoms with Crippen molar-refractivity contribution in [3.05, 3.63) is 18.2 Å². The van der Waals surface area contributed by atoms with E-state index >= 15 is 0 Å². The van der Waals surface area contributed by atoms with E-state index in [2.05, 4.69) is 10.6 Å². The van der Waals surface area contributed by atoms with Crippen LogP contribution in [0.2, 0.25) is 0 Å². The second kappa shape index (κ2) is 8.24. The average molecular weight is 266 g/mol. The largest absolute Gasteiger partial charge is 0.490 e. The van der Waals surface area contributed by atoms with Gasteiger partial charge < -0.3 is 20.1 Å². The van der Waals surface area contributed by atoms with Crippen molar-refractivity contribution in [2.75, 3.05) is 32.1 Å². The fourth-order valence-corrected chi connectivity index (χ4v) is 1.61. The number of carbonyl (C=O) groups excluding carboxylic acids is 1. The van der Waals surface area contributed by atoms with Crippen LogP contribution in [0.1, 0.15) is 20.3 Å². The highest BCUT2D eigenvalue weighted by Gasteiger charge is 2.06. The predicted octanol–water partition coefficient (Wildman–Crippen LogP) is 2.03. The zero-order valence-electron chi connectivity index (χ0n) is 11.8. The number of nitrogens with one attached hydrogen (secondary N) is 2. The lowest BCUT2D eigenvalue weighted by molar-refractivity contribution is -0.120. The fourth-order valence-electron chi connectivity index (χ4n) is 1.61. The Morgan fingerprint density at radius 1 is 1.16 bits per heavy atom. The summed E-state index contributed by atoms with van der Waals surface area (Å²) in [5.74, 6) is 1.47. The van der Waals surface area contributed by atoms with E-state index in [-0.39, 0.29) is 5.91 Å². The number of amides is 1. The number of benzene rings is 1. The molecule has 2 N–H and O–H groups in total. The molecule has 0 heterocycles. The van der Waals surface area contributed by atoms with Gasteiger partial charge in [-0.25, -0.2) is 0 Å². The molecule has 0 bridgehead atoms. The smallest absolute Gasteiger partial charge is 0.221 e. The molecule has 0 spiro atoms. The first-order chi connectivity index (χ1) is 9.21. The minimum Gasteiger partial charge on any atom is -0.490 e.